The minimum Gasteiger partial charge on any atom is -0.331 e. The van der Waals surface area contributed by atoms with Crippen LogP contribution in [0.2, 0.25) is 0 Å². The minimum absolute atomic E-state index is 0.0704. The van der Waals surface area contributed by atoms with E-state index in [1.165, 1.54) is 17.4 Å². The van der Waals surface area contributed by atoms with Crippen molar-refractivity contribution in [1.29, 1.82) is 0 Å². The van der Waals surface area contributed by atoms with Gasteiger partial charge >= 0.3 is 0 Å². The lowest BCUT2D eigenvalue weighted by atomic mass is 10.0. The van der Waals surface area contributed by atoms with Crippen LogP contribution in [0.25, 0.3) is 10.4 Å². The van der Waals surface area contributed by atoms with Crippen LogP contribution in [-0.2, 0) is 21.2 Å². The molecule has 3 aliphatic rings. The zero-order valence-electron chi connectivity index (χ0n) is 21.3. The van der Waals surface area contributed by atoms with Crippen LogP contribution in [0.1, 0.15) is 41.4 Å². The summed E-state index contributed by atoms with van der Waals surface area (Å²) in [6, 6.07) is 9.01. The average Bonchev–Trinajstić information content (AvgIpc) is 3.41. The third kappa shape index (κ3) is 4.39. The Labute approximate surface area is 225 Å². The molecule has 38 heavy (non-hydrogen) atoms. The number of amides is 2. The Hall–Kier alpha value is -3.57. The number of nitrogens with one attached hydrogen (secondary N) is 1. The van der Waals surface area contributed by atoms with Gasteiger partial charge in [-0.3, -0.25) is 14.5 Å². The highest BCUT2D eigenvalue weighted by Gasteiger charge is 2.41. The van der Waals surface area contributed by atoms with Gasteiger partial charge in [-0.15, -0.1) is 0 Å². The van der Waals surface area contributed by atoms with Gasteiger partial charge in [-0.2, -0.15) is 0 Å². The molecule has 6 rings (SSSR count). The summed E-state index contributed by atoms with van der Waals surface area (Å²) in [7, 11) is -3.64. The molecule has 1 fully saturated rings. The van der Waals surface area contributed by atoms with Crippen molar-refractivity contribution in [1.82, 2.24) is 14.9 Å². The van der Waals surface area contributed by atoms with Crippen molar-refractivity contribution < 1.29 is 18.0 Å². The molecule has 1 N–H and O–H groups in total. The lowest BCUT2D eigenvalue weighted by Gasteiger charge is -2.24. The fraction of sp³-hybridized carbons (Fsp3) is 0.333. The third-order valence-corrected chi connectivity index (χ3v) is 9.56. The molecule has 196 valence electrons. The van der Waals surface area contributed by atoms with Gasteiger partial charge < -0.3 is 10.2 Å². The van der Waals surface area contributed by atoms with Crippen LogP contribution in [0.3, 0.4) is 0 Å². The molecular formula is C27H27N5O4S2. The van der Waals surface area contributed by atoms with Crippen molar-refractivity contribution in [3.05, 3.63) is 59.3 Å². The second kappa shape index (κ2) is 9.02. The molecule has 2 amide bonds. The molecule has 1 aliphatic carbocycles. The number of fused-ring (bicyclic) bond motifs is 1. The van der Waals surface area contributed by atoms with E-state index in [1.807, 2.05) is 30.9 Å². The van der Waals surface area contributed by atoms with Crippen LogP contribution in [0.4, 0.5) is 16.8 Å². The highest BCUT2D eigenvalue weighted by Crippen LogP contribution is 2.42. The number of aryl methyl sites for hydroxylation is 1. The fourth-order valence-electron chi connectivity index (χ4n) is 5.14. The number of pyridine rings is 1. The zero-order valence-corrected chi connectivity index (χ0v) is 22.9. The summed E-state index contributed by atoms with van der Waals surface area (Å²) < 4.78 is 25.6. The van der Waals surface area contributed by atoms with E-state index in [0.29, 0.717) is 41.3 Å². The number of benzene rings is 1. The highest BCUT2D eigenvalue weighted by atomic mass is 32.2. The van der Waals surface area contributed by atoms with Crippen molar-refractivity contribution in [2.24, 2.45) is 5.92 Å². The minimum atomic E-state index is -3.64. The molecule has 0 spiro atoms. The number of carbonyl (C=O) groups excluding carboxylic acids is 2. The van der Waals surface area contributed by atoms with E-state index in [2.05, 4.69) is 15.3 Å². The quantitative estimate of drug-likeness (QED) is 0.467. The maximum Gasteiger partial charge on any atom is 0.256 e. The Bertz CT molecular complexity index is 1620. The summed E-state index contributed by atoms with van der Waals surface area (Å²) in [5.41, 5.74) is 2.49. The second-order valence-corrected chi connectivity index (χ2v) is 13.1. The number of thiazole rings is 1. The van der Waals surface area contributed by atoms with E-state index in [-0.39, 0.29) is 22.8 Å². The molecule has 0 unspecified atom stereocenters. The molecule has 1 atom stereocenters. The maximum absolute atomic E-state index is 13.3. The largest absolute Gasteiger partial charge is 0.331 e. The zero-order chi connectivity index (χ0) is 26.8. The van der Waals surface area contributed by atoms with Gasteiger partial charge in [-0.1, -0.05) is 23.5 Å². The smallest absolute Gasteiger partial charge is 0.256 e. The first kappa shape index (κ1) is 24.7. The van der Waals surface area contributed by atoms with Gasteiger partial charge in [0.1, 0.15) is 11.6 Å². The predicted octanol–water partition coefficient (Wildman–Crippen LogP) is 4.32. The first-order valence-electron chi connectivity index (χ1n) is 12.5. The second-order valence-electron chi connectivity index (χ2n) is 10.1. The van der Waals surface area contributed by atoms with Crippen LogP contribution in [-0.4, -0.2) is 53.9 Å². The molecule has 9 nitrogen and oxygen atoms in total. The lowest BCUT2D eigenvalue weighted by molar-refractivity contribution is -0.113. The molecule has 3 aromatic rings. The van der Waals surface area contributed by atoms with E-state index in [1.54, 1.807) is 29.2 Å². The monoisotopic (exact) mass is 549 g/mol. The number of carbonyl (C=O) groups is 2. The van der Waals surface area contributed by atoms with Gasteiger partial charge in [-0.25, -0.2) is 18.4 Å². The summed E-state index contributed by atoms with van der Waals surface area (Å²) in [5.74, 6) is 1.27. The normalized spacial score (nSPS) is 17.9. The Kier molecular flexibility index (Phi) is 5.88. The lowest BCUT2D eigenvalue weighted by Crippen LogP contribution is -2.35. The van der Waals surface area contributed by atoms with Gasteiger partial charge in [0.05, 0.1) is 21.0 Å². The summed E-state index contributed by atoms with van der Waals surface area (Å²) in [6.45, 7) is 4.81. The molecule has 0 radical (unpaired) electrons. The van der Waals surface area contributed by atoms with Gasteiger partial charge in [0.2, 0.25) is 0 Å². The Morgan fingerprint density at radius 2 is 1.95 bits per heavy atom. The summed E-state index contributed by atoms with van der Waals surface area (Å²) >= 11 is 1.39. The van der Waals surface area contributed by atoms with Crippen LogP contribution in [0.5, 0.6) is 0 Å². The first-order chi connectivity index (χ1) is 18.1. The van der Waals surface area contributed by atoms with Crippen LogP contribution in [0, 0.1) is 12.8 Å². The van der Waals surface area contributed by atoms with Crippen LogP contribution < -0.4 is 10.2 Å². The van der Waals surface area contributed by atoms with Crippen molar-refractivity contribution >= 4 is 49.8 Å². The van der Waals surface area contributed by atoms with E-state index >= 15 is 0 Å². The van der Waals surface area contributed by atoms with Crippen LogP contribution in [0.15, 0.2) is 47.4 Å². The maximum atomic E-state index is 13.3. The number of sulfone groups is 1. The molecule has 2 aliphatic heterocycles. The number of rotatable bonds is 7. The van der Waals surface area contributed by atoms with Gasteiger partial charge in [-0.05, 0) is 68.0 Å². The van der Waals surface area contributed by atoms with Crippen molar-refractivity contribution in [2.75, 3.05) is 23.0 Å². The number of aromatic nitrogens is 2. The van der Waals surface area contributed by atoms with E-state index < -0.39 is 9.84 Å². The fourth-order valence-corrected chi connectivity index (χ4v) is 7.03. The number of hydrogen-bond donors (Lipinski definition) is 1. The molecule has 0 bridgehead atoms. The summed E-state index contributed by atoms with van der Waals surface area (Å²) in [4.78, 5) is 38.8. The molecule has 0 saturated heterocycles. The molecule has 11 heteroatoms. The molecule has 1 aromatic carbocycles. The SMILES string of the molecule is Cc1nc(Nc2cccc(N3CC=CC3=O)n2)sc1-c1cc2c(c(S(C)(=O)=O)c1)C(=O)N([C@@H](C)C1CC1)C2. The van der Waals surface area contributed by atoms with Gasteiger partial charge in [0.25, 0.3) is 11.8 Å². The Balaban J connectivity index is 1.33. The van der Waals surface area contributed by atoms with Crippen molar-refractivity contribution in [3.63, 3.8) is 0 Å². The summed E-state index contributed by atoms with van der Waals surface area (Å²) in [6.07, 6.45) is 6.67. The van der Waals surface area contributed by atoms with E-state index in [0.717, 1.165) is 40.8 Å². The van der Waals surface area contributed by atoms with Crippen LogP contribution >= 0.6 is 11.3 Å². The van der Waals surface area contributed by atoms with E-state index in [4.69, 9.17) is 0 Å². The van der Waals surface area contributed by atoms with Gasteiger partial charge in [0.15, 0.2) is 15.0 Å². The number of hydrogen-bond acceptors (Lipinski definition) is 8. The Morgan fingerprint density at radius 1 is 1.16 bits per heavy atom. The molecule has 1 saturated carbocycles. The Morgan fingerprint density at radius 3 is 2.63 bits per heavy atom. The summed E-state index contributed by atoms with van der Waals surface area (Å²) in [5, 5.41) is 3.81. The van der Waals surface area contributed by atoms with Crippen molar-refractivity contribution in [3.8, 4) is 10.4 Å². The van der Waals surface area contributed by atoms with Gasteiger partial charge in [0, 0.05) is 31.5 Å². The topological polar surface area (TPSA) is 113 Å². The average molecular weight is 550 g/mol. The number of nitrogens with zero attached hydrogens (tertiary/aromatic N) is 4. The standard InChI is InChI=1S/C27H27N5O4S2/c1-15-25(37-27(28-15)30-21-6-4-7-22(29-21)31-11-5-8-23(31)33)18-12-19-14-32(16(2)17-9-10-17)26(34)24(19)20(13-18)38(3,35)36/h4-8,12-13,16-17H,9-11,14H2,1-3H3,(H,28,29,30)/t16-/m0/s1. The molecule has 4 heterocycles. The number of anilines is 3. The molecule has 2 aromatic heterocycles. The van der Waals surface area contributed by atoms with E-state index in [9.17, 15) is 18.0 Å². The highest BCUT2D eigenvalue weighted by molar-refractivity contribution is 7.90. The van der Waals surface area contributed by atoms with Crippen molar-refractivity contribution in [2.45, 2.75) is 44.2 Å². The third-order valence-electron chi connectivity index (χ3n) is 7.31. The first-order valence-corrected chi connectivity index (χ1v) is 15.2. The molecular weight excluding hydrogens is 522 g/mol. The predicted molar refractivity (Wildman–Crippen MR) is 146 cm³/mol.